The Morgan fingerprint density at radius 1 is 0.897 bits per heavy atom. The van der Waals surface area contributed by atoms with E-state index in [1.54, 1.807) is 0 Å². The number of fused-ring (bicyclic) bond motifs is 1. The summed E-state index contributed by atoms with van der Waals surface area (Å²) >= 11 is 0. The van der Waals surface area contributed by atoms with Gasteiger partial charge < -0.3 is 9.88 Å². The summed E-state index contributed by atoms with van der Waals surface area (Å²) in [5, 5.41) is 3.29. The number of para-hydroxylation sites is 2. The Bertz CT molecular complexity index is 1080. The number of imidazole rings is 1. The number of hydrogen-bond donors (Lipinski definition) is 1. The van der Waals surface area contributed by atoms with Crippen molar-refractivity contribution in [3.63, 3.8) is 0 Å². The summed E-state index contributed by atoms with van der Waals surface area (Å²) in [7, 11) is 0. The van der Waals surface area contributed by atoms with Gasteiger partial charge in [0.1, 0.15) is 12.4 Å². The Labute approximate surface area is 171 Å². The summed E-state index contributed by atoms with van der Waals surface area (Å²) in [5.41, 5.74) is 3.38. The largest absolute Gasteiger partial charge is 0.341 e. The average molecular weight is 383 g/mol. The van der Waals surface area contributed by atoms with E-state index in [-0.39, 0.29) is 12.5 Å². The smallest absolute Gasteiger partial charge is 0.240 e. The number of benzene rings is 3. The number of nitrogens with one attached hydrogen (secondary N) is 1. The van der Waals surface area contributed by atoms with Crippen LogP contribution in [0.5, 0.6) is 0 Å². The number of hydrogen-bond acceptors (Lipinski definition) is 2. The second-order valence-corrected chi connectivity index (χ2v) is 7.36. The number of amides is 1. The first-order valence-electron chi connectivity index (χ1n) is 9.98. The number of aromatic nitrogens is 2. The molecule has 0 atom stereocenters. The molecule has 0 saturated heterocycles. The number of rotatable bonds is 6. The van der Waals surface area contributed by atoms with Crippen LogP contribution in [0.2, 0.25) is 0 Å². The van der Waals surface area contributed by atoms with Crippen LogP contribution < -0.4 is 5.32 Å². The summed E-state index contributed by atoms with van der Waals surface area (Å²) in [4.78, 5) is 17.9. The molecule has 146 valence electrons. The molecular weight excluding hydrogens is 358 g/mol. The monoisotopic (exact) mass is 383 g/mol. The van der Waals surface area contributed by atoms with Crippen LogP contribution in [0.25, 0.3) is 11.0 Å². The van der Waals surface area contributed by atoms with Crippen molar-refractivity contribution in [3.8, 4) is 0 Å². The molecular formula is C25H25N3O. The number of carbonyl (C=O) groups is 1. The van der Waals surface area contributed by atoms with Gasteiger partial charge in [-0.15, -0.1) is 0 Å². The van der Waals surface area contributed by atoms with Crippen molar-refractivity contribution in [2.45, 2.75) is 32.4 Å². The molecule has 29 heavy (non-hydrogen) atoms. The molecule has 0 radical (unpaired) electrons. The van der Waals surface area contributed by atoms with E-state index in [2.05, 4.69) is 48.4 Å². The van der Waals surface area contributed by atoms with E-state index in [1.165, 1.54) is 0 Å². The zero-order valence-electron chi connectivity index (χ0n) is 16.8. The standard InChI is InChI=1S/C25H25N3O/c1-3-23-26-21-16-10-11-17-22(21)28(23)18-24(29)27-25(2,19-12-6-4-7-13-19)20-14-8-5-9-15-20/h4-17H,3,18H2,1-2H3,(H,27,29). The van der Waals surface area contributed by atoms with Gasteiger partial charge >= 0.3 is 0 Å². The van der Waals surface area contributed by atoms with Crippen molar-refractivity contribution >= 4 is 16.9 Å². The lowest BCUT2D eigenvalue weighted by Gasteiger charge is -2.32. The quantitative estimate of drug-likeness (QED) is 0.526. The van der Waals surface area contributed by atoms with Gasteiger partial charge in [0.2, 0.25) is 5.91 Å². The van der Waals surface area contributed by atoms with Crippen LogP contribution in [0.1, 0.15) is 30.8 Å². The summed E-state index contributed by atoms with van der Waals surface area (Å²) in [5.74, 6) is 0.875. The maximum atomic E-state index is 13.2. The van der Waals surface area contributed by atoms with E-state index in [4.69, 9.17) is 0 Å². The van der Waals surface area contributed by atoms with Crippen LogP contribution in [0.15, 0.2) is 84.9 Å². The fourth-order valence-corrected chi connectivity index (χ4v) is 3.89. The Morgan fingerprint density at radius 2 is 1.45 bits per heavy atom. The third kappa shape index (κ3) is 3.66. The molecule has 0 bridgehead atoms. The van der Waals surface area contributed by atoms with Crippen LogP contribution in [-0.2, 0) is 23.3 Å². The van der Waals surface area contributed by atoms with Gasteiger partial charge in [-0.3, -0.25) is 4.79 Å². The number of carbonyl (C=O) groups excluding carboxylic acids is 1. The van der Waals surface area contributed by atoms with Crippen molar-refractivity contribution in [2.75, 3.05) is 0 Å². The molecule has 0 fully saturated rings. The Morgan fingerprint density at radius 3 is 2.03 bits per heavy atom. The average Bonchev–Trinajstić information content (AvgIpc) is 3.12. The molecule has 4 rings (SSSR count). The summed E-state index contributed by atoms with van der Waals surface area (Å²) in [6.07, 6.45) is 0.774. The van der Waals surface area contributed by atoms with Crippen LogP contribution >= 0.6 is 0 Å². The highest BCUT2D eigenvalue weighted by molar-refractivity contribution is 5.82. The highest BCUT2D eigenvalue weighted by atomic mass is 16.2. The van der Waals surface area contributed by atoms with Gasteiger partial charge in [-0.1, -0.05) is 79.7 Å². The van der Waals surface area contributed by atoms with Crippen molar-refractivity contribution in [1.82, 2.24) is 14.9 Å². The SMILES string of the molecule is CCc1nc2ccccc2n1CC(=O)NC(C)(c1ccccc1)c1ccccc1. The van der Waals surface area contributed by atoms with Crippen molar-refractivity contribution in [1.29, 1.82) is 0 Å². The topological polar surface area (TPSA) is 46.9 Å². The fourth-order valence-electron chi connectivity index (χ4n) is 3.89. The molecule has 4 aromatic rings. The number of aryl methyl sites for hydroxylation is 1. The molecule has 1 heterocycles. The van der Waals surface area contributed by atoms with Crippen LogP contribution in [0, 0.1) is 0 Å². The van der Waals surface area contributed by atoms with Crippen molar-refractivity contribution in [2.24, 2.45) is 0 Å². The predicted octanol–water partition coefficient (Wildman–Crippen LogP) is 4.68. The van der Waals surface area contributed by atoms with E-state index in [0.717, 1.165) is 34.4 Å². The molecule has 0 aliphatic rings. The highest BCUT2D eigenvalue weighted by Crippen LogP contribution is 2.29. The molecule has 1 aromatic heterocycles. The summed E-state index contributed by atoms with van der Waals surface area (Å²) in [6.45, 7) is 4.36. The molecule has 0 saturated carbocycles. The van der Waals surface area contributed by atoms with Gasteiger partial charge in [0, 0.05) is 6.42 Å². The zero-order valence-corrected chi connectivity index (χ0v) is 16.8. The Hall–Kier alpha value is -3.40. The Balaban J connectivity index is 1.68. The maximum Gasteiger partial charge on any atom is 0.240 e. The highest BCUT2D eigenvalue weighted by Gasteiger charge is 2.30. The minimum absolute atomic E-state index is 0.0435. The normalized spacial score (nSPS) is 11.5. The molecule has 0 unspecified atom stereocenters. The first-order chi connectivity index (χ1) is 14.1. The molecule has 4 heteroatoms. The lowest BCUT2D eigenvalue weighted by atomic mass is 9.84. The molecule has 4 nitrogen and oxygen atoms in total. The van der Waals surface area contributed by atoms with E-state index in [1.807, 2.05) is 65.2 Å². The molecule has 3 aromatic carbocycles. The van der Waals surface area contributed by atoms with Crippen LogP contribution in [0.3, 0.4) is 0 Å². The predicted molar refractivity (Wildman–Crippen MR) is 117 cm³/mol. The van der Waals surface area contributed by atoms with Crippen LogP contribution in [0.4, 0.5) is 0 Å². The first kappa shape index (κ1) is 18.9. The molecule has 0 aliphatic heterocycles. The van der Waals surface area contributed by atoms with Gasteiger partial charge in [-0.2, -0.15) is 0 Å². The fraction of sp³-hybridized carbons (Fsp3) is 0.200. The minimum atomic E-state index is -0.623. The summed E-state index contributed by atoms with van der Waals surface area (Å²) in [6, 6.07) is 28.2. The van der Waals surface area contributed by atoms with E-state index in [9.17, 15) is 4.79 Å². The third-order valence-corrected chi connectivity index (χ3v) is 5.44. The van der Waals surface area contributed by atoms with Gasteiger partial charge in [0.05, 0.1) is 16.6 Å². The van der Waals surface area contributed by atoms with Gasteiger partial charge in [0.25, 0.3) is 0 Å². The molecule has 1 amide bonds. The minimum Gasteiger partial charge on any atom is -0.341 e. The lowest BCUT2D eigenvalue weighted by Crippen LogP contribution is -2.45. The van der Waals surface area contributed by atoms with Gasteiger partial charge in [-0.25, -0.2) is 4.98 Å². The first-order valence-corrected chi connectivity index (χ1v) is 9.98. The van der Waals surface area contributed by atoms with Gasteiger partial charge in [0.15, 0.2) is 0 Å². The second-order valence-electron chi connectivity index (χ2n) is 7.36. The molecule has 1 N–H and O–H groups in total. The van der Waals surface area contributed by atoms with Crippen LogP contribution in [-0.4, -0.2) is 15.5 Å². The van der Waals surface area contributed by atoms with E-state index in [0.29, 0.717) is 0 Å². The second kappa shape index (κ2) is 7.92. The van der Waals surface area contributed by atoms with Gasteiger partial charge in [-0.05, 0) is 30.2 Å². The van der Waals surface area contributed by atoms with E-state index < -0.39 is 5.54 Å². The maximum absolute atomic E-state index is 13.2. The van der Waals surface area contributed by atoms with E-state index >= 15 is 0 Å². The molecule has 0 aliphatic carbocycles. The zero-order chi connectivity index (χ0) is 20.3. The van der Waals surface area contributed by atoms with Crippen molar-refractivity contribution < 1.29 is 4.79 Å². The Kier molecular flexibility index (Phi) is 5.17. The molecule has 0 spiro atoms. The lowest BCUT2D eigenvalue weighted by molar-refractivity contribution is -0.123. The third-order valence-electron chi connectivity index (χ3n) is 5.44. The number of nitrogens with zero attached hydrogens (tertiary/aromatic N) is 2. The van der Waals surface area contributed by atoms with Crippen molar-refractivity contribution in [3.05, 3.63) is 102 Å². The summed E-state index contributed by atoms with van der Waals surface area (Å²) < 4.78 is 2.01.